The third kappa shape index (κ3) is 2.33. The zero-order chi connectivity index (χ0) is 13.8. The maximum absolute atomic E-state index is 10.3. The van der Waals surface area contributed by atoms with Crippen LogP contribution in [0.4, 0.5) is 0 Å². The second kappa shape index (κ2) is 4.19. The highest BCUT2D eigenvalue weighted by Gasteiger charge is 2.53. The first-order valence-corrected chi connectivity index (χ1v) is 7.19. The summed E-state index contributed by atoms with van der Waals surface area (Å²) in [6, 6.07) is 0. The molecule has 0 unspecified atom stereocenters. The van der Waals surface area contributed by atoms with E-state index in [0.29, 0.717) is 5.92 Å². The van der Waals surface area contributed by atoms with Gasteiger partial charge in [-0.1, -0.05) is 6.92 Å². The summed E-state index contributed by atoms with van der Waals surface area (Å²) in [6.45, 7) is 9.85. The Morgan fingerprint density at radius 1 is 1.17 bits per heavy atom. The quantitative estimate of drug-likeness (QED) is 0.798. The highest BCUT2D eigenvalue weighted by molar-refractivity contribution is 5.03. The van der Waals surface area contributed by atoms with Crippen LogP contribution < -0.4 is 0 Å². The SMILES string of the molecule is C[C@H]1[C@H]([C@@]2(C)CC[C@H](C(C)(C)O)O2)CC[C@@]1(C)O. The average molecular weight is 256 g/mol. The van der Waals surface area contributed by atoms with Crippen LogP contribution in [-0.4, -0.2) is 33.1 Å². The fourth-order valence-electron chi connectivity index (χ4n) is 3.82. The van der Waals surface area contributed by atoms with Crippen LogP contribution in [0.5, 0.6) is 0 Å². The van der Waals surface area contributed by atoms with E-state index in [-0.39, 0.29) is 17.6 Å². The predicted octanol–water partition coefficient (Wildman–Crippen LogP) is 2.49. The van der Waals surface area contributed by atoms with Gasteiger partial charge < -0.3 is 14.9 Å². The van der Waals surface area contributed by atoms with E-state index >= 15 is 0 Å². The van der Waals surface area contributed by atoms with Gasteiger partial charge in [-0.25, -0.2) is 0 Å². The van der Waals surface area contributed by atoms with Gasteiger partial charge in [-0.15, -0.1) is 0 Å². The molecule has 1 heterocycles. The van der Waals surface area contributed by atoms with E-state index in [1.54, 1.807) is 0 Å². The van der Waals surface area contributed by atoms with Crippen LogP contribution >= 0.6 is 0 Å². The number of hydrogen-bond donors (Lipinski definition) is 2. The lowest BCUT2D eigenvalue weighted by molar-refractivity contribution is -0.144. The van der Waals surface area contributed by atoms with Crippen LogP contribution in [-0.2, 0) is 4.74 Å². The lowest BCUT2D eigenvalue weighted by Crippen LogP contribution is -2.43. The lowest BCUT2D eigenvalue weighted by Gasteiger charge is -2.38. The first-order chi connectivity index (χ1) is 8.06. The first-order valence-electron chi connectivity index (χ1n) is 7.19. The van der Waals surface area contributed by atoms with Crippen molar-refractivity contribution in [3.8, 4) is 0 Å². The molecular formula is C15H28O3. The molecule has 1 aliphatic carbocycles. The highest BCUT2D eigenvalue weighted by Crippen LogP contribution is 2.51. The van der Waals surface area contributed by atoms with E-state index in [2.05, 4.69) is 13.8 Å². The molecule has 0 amide bonds. The minimum Gasteiger partial charge on any atom is -0.390 e. The lowest BCUT2D eigenvalue weighted by atomic mass is 9.77. The van der Waals surface area contributed by atoms with Crippen molar-refractivity contribution in [3.63, 3.8) is 0 Å². The van der Waals surface area contributed by atoms with Gasteiger partial charge in [-0.2, -0.15) is 0 Å². The Hall–Kier alpha value is -0.120. The summed E-state index contributed by atoms with van der Waals surface area (Å²) in [7, 11) is 0. The molecule has 0 radical (unpaired) electrons. The number of hydrogen-bond acceptors (Lipinski definition) is 3. The molecule has 2 N–H and O–H groups in total. The summed E-state index contributed by atoms with van der Waals surface area (Å²) in [5, 5.41) is 20.4. The maximum Gasteiger partial charge on any atom is 0.0865 e. The molecular weight excluding hydrogens is 228 g/mol. The molecule has 0 aromatic rings. The van der Waals surface area contributed by atoms with Gasteiger partial charge in [0.05, 0.1) is 22.9 Å². The topological polar surface area (TPSA) is 49.7 Å². The van der Waals surface area contributed by atoms with E-state index < -0.39 is 11.2 Å². The smallest absolute Gasteiger partial charge is 0.0865 e. The molecule has 3 heteroatoms. The van der Waals surface area contributed by atoms with Gasteiger partial charge in [0.15, 0.2) is 0 Å². The molecule has 0 aromatic heterocycles. The molecule has 1 saturated heterocycles. The number of ether oxygens (including phenoxy) is 1. The van der Waals surface area contributed by atoms with Crippen LogP contribution in [0, 0.1) is 11.8 Å². The largest absolute Gasteiger partial charge is 0.390 e. The summed E-state index contributed by atoms with van der Waals surface area (Å²) in [4.78, 5) is 0. The van der Waals surface area contributed by atoms with Crippen molar-refractivity contribution in [1.29, 1.82) is 0 Å². The molecule has 2 aliphatic rings. The van der Waals surface area contributed by atoms with E-state index in [1.807, 2.05) is 20.8 Å². The van der Waals surface area contributed by atoms with E-state index in [0.717, 1.165) is 25.7 Å². The summed E-state index contributed by atoms with van der Waals surface area (Å²) in [6.07, 6.45) is 3.67. The van der Waals surface area contributed by atoms with Crippen molar-refractivity contribution >= 4 is 0 Å². The average Bonchev–Trinajstić information content (AvgIpc) is 2.71. The second-order valence-corrected chi connectivity index (χ2v) is 7.40. The molecule has 18 heavy (non-hydrogen) atoms. The fraction of sp³-hybridized carbons (Fsp3) is 1.00. The predicted molar refractivity (Wildman–Crippen MR) is 71.3 cm³/mol. The standard InChI is InChI=1S/C15H28O3/c1-10-11(6-8-14(10,4)17)15(5)9-7-12(18-15)13(2,3)16/h10-12,16-17H,6-9H2,1-5H3/t10-,11+,12+,14+,15+/m0/s1. The molecule has 0 bridgehead atoms. The molecule has 1 saturated carbocycles. The third-order valence-corrected chi connectivity index (χ3v) is 5.43. The summed E-state index contributed by atoms with van der Waals surface area (Å²) < 4.78 is 6.20. The Balaban J connectivity index is 2.11. The van der Waals surface area contributed by atoms with E-state index in [9.17, 15) is 10.2 Å². The van der Waals surface area contributed by atoms with Crippen molar-refractivity contribution in [2.45, 2.75) is 83.2 Å². The van der Waals surface area contributed by atoms with Gasteiger partial charge in [0.25, 0.3) is 0 Å². The Bertz CT molecular complexity index is 318. The molecule has 1 aliphatic heterocycles. The van der Waals surface area contributed by atoms with Gasteiger partial charge in [-0.05, 0) is 65.2 Å². The number of aliphatic hydroxyl groups is 2. The minimum atomic E-state index is -0.776. The van der Waals surface area contributed by atoms with Crippen LogP contribution in [0.2, 0.25) is 0 Å². The Morgan fingerprint density at radius 2 is 1.78 bits per heavy atom. The summed E-state index contributed by atoms with van der Waals surface area (Å²) >= 11 is 0. The normalized spacial score (nSPS) is 49.8. The molecule has 2 fully saturated rings. The molecule has 5 atom stereocenters. The Morgan fingerprint density at radius 3 is 2.17 bits per heavy atom. The maximum atomic E-state index is 10.3. The van der Waals surface area contributed by atoms with E-state index in [1.165, 1.54) is 0 Å². The number of rotatable bonds is 2. The van der Waals surface area contributed by atoms with Crippen LogP contribution in [0.3, 0.4) is 0 Å². The van der Waals surface area contributed by atoms with Gasteiger partial charge >= 0.3 is 0 Å². The van der Waals surface area contributed by atoms with Gasteiger partial charge in [0.1, 0.15) is 0 Å². The third-order valence-electron chi connectivity index (χ3n) is 5.43. The van der Waals surface area contributed by atoms with Crippen molar-refractivity contribution < 1.29 is 14.9 Å². The van der Waals surface area contributed by atoms with Crippen molar-refractivity contribution in [1.82, 2.24) is 0 Å². The fourth-order valence-corrected chi connectivity index (χ4v) is 3.82. The zero-order valence-corrected chi connectivity index (χ0v) is 12.4. The second-order valence-electron chi connectivity index (χ2n) is 7.40. The molecule has 2 rings (SSSR count). The van der Waals surface area contributed by atoms with Crippen LogP contribution in [0.25, 0.3) is 0 Å². The zero-order valence-electron chi connectivity index (χ0n) is 12.4. The monoisotopic (exact) mass is 256 g/mol. The van der Waals surface area contributed by atoms with E-state index in [4.69, 9.17) is 4.74 Å². The van der Waals surface area contributed by atoms with Crippen LogP contribution in [0.15, 0.2) is 0 Å². The van der Waals surface area contributed by atoms with Crippen molar-refractivity contribution in [3.05, 3.63) is 0 Å². The highest BCUT2D eigenvalue weighted by atomic mass is 16.5. The molecule has 3 nitrogen and oxygen atoms in total. The minimum absolute atomic E-state index is 0.0831. The van der Waals surface area contributed by atoms with Crippen molar-refractivity contribution in [2.75, 3.05) is 0 Å². The van der Waals surface area contributed by atoms with Gasteiger partial charge in [-0.3, -0.25) is 0 Å². The van der Waals surface area contributed by atoms with Gasteiger partial charge in [0, 0.05) is 0 Å². The summed E-state index contributed by atoms with van der Waals surface area (Å²) in [5.74, 6) is 0.642. The van der Waals surface area contributed by atoms with Crippen molar-refractivity contribution in [2.24, 2.45) is 11.8 Å². The first kappa shape index (κ1) is 14.3. The molecule has 0 spiro atoms. The van der Waals surface area contributed by atoms with Gasteiger partial charge in [0.2, 0.25) is 0 Å². The molecule has 106 valence electrons. The Labute approximate surface area is 111 Å². The van der Waals surface area contributed by atoms with Crippen LogP contribution in [0.1, 0.15) is 60.3 Å². The summed E-state index contributed by atoms with van der Waals surface area (Å²) in [5.41, 5.74) is -1.53. The Kier molecular flexibility index (Phi) is 3.33. The molecule has 0 aromatic carbocycles.